The molecule has 1 aromatic heterocycles. The Morgan fingerprint density at radius 2 is 1.19 bits per heavy atom. The van der Waals surface area contributed by atoms with Crippen molar-refractivity contribution in [1.82, 2.24) is 9.55 Å². The van der Waals surface area contributed by atoms with Gasteiger partial charge in [0.15, 0.2) is 0 Å². The second kappa shape index (κ2) is 13.3. The molecule has 48 heavy (non-hydrogen) atoms. The molecule has 6 aromatic rings. The Kier molecular flexibility index (Phi) is 8.60. The number of aliphatic imine (C=N–C) groups is 2. The molecule has 5 aromatic carbocycles. The molecule has 4 nitrogen and oxygen atoms in total. The van der Waals surface area contributed by atoms with E-state index in [0.29, 0.717) is 32.9 Å². The largest absolute Gasteiger partial charge is 0.275 e. The van der Waals surface area contributed by atoms with Gasteiger partial charge in [0.1, 0.15) is 5.82 Å². The van der Waals surface area contributed by atoms with Gasteiger partial charge in [0.2, 0.25) is 0 Å². The Hall–Kier alpha value is -5.55. The molecule has 1 unspecified atom stereocenters. The molecule has 2 heterocycles. The Balaban J connectivity index is 1.72. The van der Waals surface area contributed by atoms with Crippen LogP contribution < -0.4 is 0 Å². The van der Waals surface area contributed by atoms with Crippen molar-refractivity contribution in [2.24, 2.45) is 9.98 Å². The average molecular weight is 662 g/mol. The van der Waals surface area contributed by atoms with Crippen molar-refractivity contribution < 1.29 is 0 Å². The molecule has 0 bridgehead atoms. The molecular weight excluding hydrogens is 631 g/mol. The molecule has 0 aliphatic carbocycles. The molecule has 232 valence electrons. The first kappa shape index (κ1) is 31.1. The van der Waals surface area contributed by atoms with Gasteiger partial charge in [0, 0.05) is 33.4 Å². The third kappa shape index (κ3) is 5.45. The van der Waals surface area contributed by atoms with Crippen LogP contribution in [0.1, 0.15) is 11.1 Å². The summed E-state index contributed by atoms with van der Waals surface area (Å²) in [5.41, 5.74) is 7.84. The number of rotatable bonds is 9. The van der Waals surface area contributed by atoms with Crippen molar-refractivity contribution in [3.05, 3.63) is 198 Å². The minimum atomic E-state index is -1.46. The van der Waals surface area contributed by atoms with E-state index in [1.54, 1.807) is 12.2 Å². The number of benzene rings is 5. The molecule has 1 aliphatic rings. The summed E-state index contributed by atoms with van der Waals surface area (Å²) in [7, 11) is 0. The number of nitrogens with zero attached hydrogens (tertiary/aromatic N) is 4. The number of imidazole rings is 1. The molecule has 0 fully saturated rings. The van der Waals surface area contributed by atoms with Crippen LogP contribution in [0.3, 0.4) is 0 Å². The van der Waals surface area contributed by atoms with E-state index < -0.39 is 5.79 Å². The first-order valence-electron chi connectivity index (χ1n) is 15.5. The van der Waals surface area contributed by atoms with Gasteiger partial charge in [-0.25, -0.2) is 15.0 Å². The van der Waals surface area contributed by atoms with Crippen molar-refractivity contribution in [2.45, 2.75) is 5.79 Å². The molecule has 0 radical (unpaired) electrons. The second-order valence-corrected chi connectivity index (χ2v) is 12.0. The van der Waals surface area contributed by atoms with E-state index >= 15 is 0 Å². The third-order valence-electron chi connectivity index (χ3n) is 8.23. The van der Waals surface area contributed by atoms with Crippen LogP contribution in [-0.2, 0) is 5.79 Å². The molecule has 1 aliphatic heterocycles. The summed E-state index contributed by atoms with van der Waals surface area (Å²) >= 11 is 14.2. The van der Waals surface area contributed by atoms with Gasteiger partial charge in [-0.2, -0.15) is 0 Å². The number of allylic oxidation sites excluding steroid dienone is 4. The summed E-state index contributed by atoms with van der Waals surface area (Å²) < 4.78 is 2.09. The lowest BCUT2D eigenvalue weighted by Crippen LogP contribution is -2.31. The van der Waals surface area contributed by atoms with Gasteiger partial charge < -0.3 is 0 Å². The second-order valence-electron chi connectivity index (χ2n) is 11.1. The fourth-order valence-corrected chi connectivity index (χ4v) is 6.58. The van der Waals surface area contributed by atoms with Gasteiger partial charge in [-0.3, -0.25) is 4.57 Å². The van der Waals surface area contributed by atoms with E-state index in [-0.39, 0.29) is 0 Å². The number of hydrogen-bond acceptors (Lipinski definition) is 3. The van der Waals surface area contributed by atoms with Crippen molar-refractivity contribution in [3.8, 4) is 33.9 Å². The molecule has 0 spiro atoms. The summed E-state index contributed by atoms with van der Waals surface area (Å²) in [6.45, 7) is 8.10. The predicted molar refractivity (Wildman–Crippen MR) is 201 cm³/mol. The van der Waals surface area contributed by atoms with Crippen LogP contribution >= 0.6 is 23.2 Å². The third-order valence-corrected chi connectivity index (χ3v) is 8.89. The summed E-state index contributed by atoms with van der Waals surface area (Å²) in [5, 5.41) is 1.05. The number of halogens is 2. The Morgan fingerprint density at radius 3 is 1.79 bits per heavy atom. The maximum atomic E-state index is 7.16. The molecule has 0 saturated heterocycles. The van der Waals surface area contributed by atoms with E-state index in [0.717, 1.165) is 39.2 Å². The molecule has 0 saturated carbocycles. The summed E-state index contributed by atoms with van der Waals surface area (Å²) in [6, 6.07) is 45.7. The Bertz CT molecular complexity index is 2230. The lowest BCUT2D eigenvalue weighted by molar-refractivity contribution is 0.409. The topological polar surface area (TPSA) is 42.5 Å². The minimum Gasteiger partial charge on any atom is -0.275 e. The first-order valence-corrected chi connectivity index (χ1v) is 16.3. The van der Waals surface area contributed by atoms with Crippen LogP contribution in [0.25, 0.3) is 33.9 Å². The lowest BCUT2D eigenvalue weighted by Gasteiger charge is -2.30. The Labute approximate surface area is 290 Å². The van der Waals surface area contributed by atoms with Gasteiger partial charge in [0.25, 0.3) is 5.79 Å². The molecule has 6 heteroatoms. The smallest absolute Gasteiger partial charge is 0.263 e. The van der Waals surface area contributed by atoms with E-state index in [1.165, 1.54) is 0 Å². The zero-order valence-corrected chi connectivity index (χ0v) is 27.5. The predicted octanol–water partition coefficient (Wildman–Crippen LogP) is 11.1. The minimum absolute atomic E-state index is 0.505. The van der Waals surface area contributed by atoms with E-state index in [2.05, 4.69) is 42.0 Å². The van der Waals surface area contributed by atoms with Gasteiger partial charge in [-0.05, 0) is 18.2 Å². The van der Waals surface area contributed by atoms with Gasteiger partial charge in [-0.1, -0.05) is 176 Å². The van der Waals surface area contributed by atoms with Crippen LogP contribution in [0.15, 0.2) is 186 Å². The summed E-state index contributed by atoms with van der Waals surface area (Å²) in [4.78, 5) is 16.6. The van der Waals surface area contributed by atoms with Crippen molar-refractivity contribution in [2.75, 3.05) is 0 Å². The highest BCUT2D eigenvalue weighted by Crippen LogP contribution is 2.48. The maximum Gasteiger partial charge on any atom is 0.263 e. The SMILES string of the molecule is C=C/C=C(\C=C)C1=NC(c2ccccc2Cl)(n2c(-c3ccccc3Cl)nc(-c3ccccc3)c2-c2ccccc2)N=C1c1ccccc1. The van der Waals surface area contributed by atoms with Crippen LogP contribution in [0, 0.1) is 0 Å². The fourth-order valence-electron chi connectivity index (χ4n) is 6.09. The first-order chi connectivity index (χ1) is 23.6. The van der Waals surface area contributed by atoms with E-state index in [1.807, 2.05) is 121 Å². The van der Waals surface area contributed by atoms with Crippen LogP contribution in [0.4, 0.5) is 0 Å². The highest BCUT2D eigenvalue weighted by atomic mass is 35.5. The molecule has 7 rings (SSSR count). The quantitative estimate of drug-likeness (QED) is 0.142. The summed E-state index contributed by atoms with van der Waals surface area (Å²) in [5.74, 6) is -0.866. The van der Waals surface area contributed by atoms with Gasteiger partial charge >= 0.3 is 0 Å². The number of aromatic nitrogens is 2. The molecule has 1 atom stereocenters. The van der Waals surface area contributed by atoms with Crippen molar-refractivity contribution >= 4 is 34.6 Å². The van der Waals surface area contributed by atoms with E-state index in [9.17, 15) is 0 Å². The highest BCUT2D eigenvalue weighted by molar-refractivity contribution is 6.55. The van der Waals surface area contributed by atoms with Crippen LogP contribution in [-0.4, -0.2) is 21.0 Å². The fraction of sp³-hybridized carbons (Fsp3) is 0.0238. The monoisotopic (exact) mass is 660 g/mol. The zero-order valence-electron chi connectivity index (χ0n) is 26.0. The highest BCUT2D eigenvalue weighted by Gasteiger charge is 2.46. The van der Waals surface area contributed by atoms with Crippen molar-refractivity contribution in [1.29, 1.82) is 0 Å². The van der Waals surface area contributed by atoms with Crippen molar-refractivity contribution in [3.63, 3.8) is 0 Å². The lowest BCUT2D eigenvalue weighted by atomic mass is 10.00. The Morgan fingerprint density at radius 1 is 0.625 bits per heavy atom. The normalized spacial score (nSPS) is 15.9. The van der Waals surface area contributed by atoms with Gasteiger partial charge in [-0.15, -0.1) is 0 Å². The average Bonchev–Trinajstić information content (AvgIpc) is 3.73. The van der Waals surface area contributed by atoms with E-state index in [4.69, 9.17) is 38.2 Å². The van der Waals surface area contributed by atoms with Crippen LogP contribution in [0.2, 0.25) is 10.0 Å². The zero-order chi connectivity index (χ0) is 33.1. The molecule has 0 N–H and O–H groups in total. The standard InChI is InChI=1S/C42H30Cl2N4/c1-3-18-29(4-2)37-38(30-19-8-5-9-20-30)47-42(46-37,34-26-15-17-28-36(34)44)48-40(32-23-12-7-13-24-32)39(31-21-10-6-11-22-31)45-41(48)33-25-14-16-27-35(33)43/h3-28H,1-2H2/b29-18+. The van der Waals surface area contributed by atoms with Crippen LogP contribution in [0.5, 0.6) is 0 Å². The van der Waals surface area contributed by atoms with Gasteiger partial charge in [0.05, 0.1) is 32.9 Å². The number of hydrogen-bond donors (Lipinski definition) is 0. The molecule has 0 amide bonds. The maximum absolute atomic E-state index is 7.16. The summed E-state index contributed by atoms with van der Waals surface area (Å²) in [6.07, 6.45) is 5.40. The molecular formula is C42H30Cl2N4.